The van der Waals surface area contributed by atoms with E-state index < -0.39 is 11.9 Å². The first-order chi connectivity index (χ1) is 15.2. The Labute approximate surface area is 182 Å². The molecular formula is C29H22O2. The summed E-state index contributed by atoms with van der Waals surface area (Å²) in [7, 11) is 0. The van der Waals surface area contributed by atoms with Crippen molar-refractivity contribution in [3.8, 4) is 33.4 Å². The van der Waals surface area contributed by atoms with Crippen LogP contribution in [0.15, 0.2) is 104 Å². The highest BCUT2D eigenvalue weighted by molar-refractivity contribution is 5.97. The lowest BCUT2D eigenvalue weighted by Gasteiger charge is -2.23. The Hall–Kier alpha value is -3.91. The molecule has 0 saturated carbocycles. The van der Waals surface area contributed by atoms with Gasteiger partial charge in [-0.25, -0.2) is 0 Å². The van der Waals surface area contributed by atoms with Crippen LogP contribution in [-0.4, -0.2) is 11.1 Å². The molecule has 0 amide bonds. The lowest BCUT2D eigenvalue weighted by Crippen LogP contribution is -2.13. The van der Waals surface area contributed by atoms with Gasteiger partial charge in [-0.1, -0.05) is 91.0 Å². The summed E-state index contributed by atoms with van der Waals surface area (Å²) < 4.78 is 0. The second-order valence-corrected chi connectivity index (χ2v) is 7.86. The van der Waals surface area contributed by atoms with Gasteiger partial charge in [0.05, 0.1) is 0 Å². The van der Waals surface area contributed by atoms with Crippen molar-refractivity contribution >= 4 is 5.97 Å². The second-order valence-electron chi connectivity index (χ2n) is 7.86. The standard InChI is InChI=1S/C29H22O2/c1-2-22(29(30)31)28-26-17-21-15-9-10-16-23(21)25(26)18-24(19-11-5-3-6-12-19)27(28)20-13-7-4-8-14-20/h2-16,18,22H,1,17H2,(H,30,31). The third-order valence-electron chi connectivity index (χ3n) is 6.11. The van der Waals surface area contributed by atoms with E-state index in [-0.39, 0.29) is 0 Å². The molecule has 0 aliphatic heterocycles. The van der Waals surface area contributed by atoms with Crippen molar-refractivity contribution in [3.05, 3.63) is 120 Å². The maximum Gasteiger partial charge on any atom is 0.314 e. The molecular weight excluding hydrogens is 380 g/mol. The number of carboxylic acids is 1. The van der Waals surface area contributed by atoms with Crippen molar-refractivity contribution in [2.75, 3.05) is 0 Å². The summed E-state index contributed by atoms with van der Waals surface area (Å²) in [6, 6.07) is 30.9. The average molecular weight is 402 g/mol. The van der Waals surface area contributed by atoms with Gasteiger partial charge in [0.2, 0.25) is 0 Å². The van der Waals surface area contributed by atoms with Gasteiger partial charge in [0.1, 0.15) is 5.92 Å². The van der Waals surface area contributed by atoms with Crippen LogP contribution in [0.1, 0.15) is 22.6 Å². The van der Waals surface area contributed by atoms with E-state index in [1.165, 1.54) is 11.1 Å². The largest absolute Gasteiger partial charge is 0.481 e. The van der Waals surface area contributed by atoms with Crippen molar-refractivity contribution < 1.29 is 9.90 Å². The number of benzene rings is 4. The lowest BCUT2D eigenvalue weighted by molar-refractivity contribution is -0.137. The predicted octanol–water partition coefficient (Wildman–Crippen LogP) is 6.95. The molecule has 150 valence electrons. The van der Waals surface area contributed by atoms with Gasteiger partial charge in [-0.15, -0.1) is 6.58 Å². The van der Waals surface area contributed by atoms with Crippen molar-refractivity contribution in [1.82, 2.24) is 0 Å². The Morgan fingerprint density at radius 3 is 2.06 bits per heavy atom. The molecule has 0 aromatic heterocycles. The van der Waals surface area contributed by atoms with Crippen LogP contribution in [0.25, 0.3) is 33.4 Å². The minimum Gasteiger partial charge on any atom is -0.481 e. The Morgan fingerprint density at radius 1 is 0.806 bits per heavy atom. The fraction of sp³-hybridized carbons (Fsp3) is 0.0690. The van der Waals surface area contributed by atoms with Gasteiger partial charge in [0.25, 0.3) is 0 Å². The summed E-state index contributed by atoms with van der Waals surface area (Å²) in [5.74, 6) is -1.67. The van der Waals surface area contributed by atoms with Crippen LogP contribution in [0.3, 0.4) is 0 Å². The molecule has 2 nitrogen and oxygen atoms in total. The molecule has 2 heteroatoms. The zero-order chi connectivity index (χ0) is 21.4. The molecule has 1 unspecified atom stereocenters. The number of fused-ring (bicyclic) bond motifs is 3. The predicted molar refractivity (Wildman–Crippen MR) is 126 cm³/mol. The van der Waals surface area contributed by atoms with Crippen LogP contribution >= 0.6 is 0 Å². The van der Waals surface area contributed by atoms with Crippen molar-refractivity contribution in [2.24, 2.45) is 0 Å². The van der Waals surface area contributed by atoms with Gasteiger partial charge < -0.3 is 5.11 Å². The van der Waals surface area contributed by atoms with Crippen LogP contribution in [0.4, 0.5) is 0 Å². The summed E-state index contributed by atoms with van der Waals surface area (Å²) in [6.07, 6.45) is 2.29. The minimum absolute atomic E-state index is 0.730. The van der Waals surface area contributed by atoms with E-state index in [1.54, 1.807) is 6.08 Å². The number of rotatable bonds is 5. The van der Waals surface area contributed by atoms with E-state index >= 15 is 0 Å². The van der Waals surface area contributed by atoms with E-state index in [0.717, 1.165) is 45.4 Å². The molecule has 1 atom stereocenters. The monoisotopic (exact) mass is 402 g/mol. The van der Waals surface area contributed by atoms with Gasteiger partial charge >= 0.3 is 5.97 Å². The van der Waals surface area contributed by atoms with Gasteiger partial charge in [0.15, 0.2) is 0 Å². The fourth-order valence-corrected chi connectivity index (χ4v) is 4.75. The van der Waals surface area contributed by atoms with Crippen LogP contribution in [0.2, 0.25) is 0 Å². The van der Waals surface area contributed by atoms with Crippen molar-refractivity contribution in [2.45, 2.75) is 12.3 Å². The maximum atomic E-state index is 12.4. The van der Waals surface area contributed by atoms with Crippen molar-refractivity contribution in [1.29, 1.82) is 0 Å². The SMILES string of the molecule is C=CC(C(=O)O)c1c2c(cc(-c3ccccc3)c1-c1ccccc1)-c1ccccc1C2. The van der Waals surface area contributed by atoms with Gasteiger partial charge in [-0.3, -0.25) is 4.79 Å². The maximum absolute atomic E-state index is 12.4. The minimum atomic E-state index is -0.879. The Morgan fingerprint density at radius 2 is 1.42 bits per heavy atom. The average Bonchev–Trinajstić information content (AvgIpc) is 3.18. The van der Waals surface area contributed by atoms with Gasteiger partial charge in [-0.2, -0.15) is 0 Å². The molecule has 31 heavy (non-hydrogen) atoms. The molecule has 4 aromatic rings. The highest BCUT2D eigenvalue weighted by atomic mass is 16.4. The molecule has 0 heterocycles. The van der Waals surface area contributed by atoms with Crippen LogP contribution < -0.4 is 0 Å². The lowest BCUT2D eigenvalue weighted by atomic mass is 9.80. The van der Waals surface area contributed by atoms with Crippen molar-refractivity contribution in [3.63, 3.8) is 0 Å². The summed E-state index contributed by atoms with van der Waals surface area (Å²) in [5, 5.41) is 10.1. The first kappa shape index (κ1) is 19.1. The molecule has 1 N–H and O–H groups in total. The smallest absolute Gasteiger partial charge is 0.314 e. The highest BCUT2D eigenvalue weighted by Crippen LogP contribution is 2.49. The molecule has 5 rings (SSSR count). The Bertz CT molecular complexity index is 1290. The molecule has 0 radical (unpaired) electrons. The summed E-state index contributed by atoms with van der Waals surface area (Å²) in [5.41, 5.74) is 9.59. The summed E-state index contributed by atoms with van der Waals surface area (Å²) >= 11 is 0. The van der Waals surface area contributed by atoms with Crippen LogP contribution in [-0.2, 0) is 11.2 Å². The zero-order valence-electron chi connectivity index (χ0n) is 17.1. The van der Waals surface area contributed by atoms with Gasteiger partial charge in [0, 0.05) is 0 Å². The normalized spacial score (nSPS) is 12.6. The Kier molecular flexibility index (Phi) is 4.76. The summed E-state index contributed by atoms with van der Waals surface area (Å²) in [4.78, 5) is 12.4. The first-order valence-corrected chi connectivity index (χ1v) is 10.4. The van der Waals surface area contributed by atoms with E-state index in [1.807, 2.05) is 48.5 Å². The number of carbonyl (C=O) groups is 1. The number of aliphatic carboxylic acids is 1. The molecule has 0 spiro atoms. The molecule has 0 saturated heterocycles. The van der Waals surface area contributed by atoms with Gasteiger partial charge in [-0.05, 0) is 62.6 Å². The van der Waals surface area contributed by atoms with E-state index in [4.69, 9.17) is 0 Å². The number of carboxylic acid groups (broad SMARTS) is 1. The fourth-order valence-electron chi connectivity index (χ4n) is 4.75. The van der Waals surface area contributed by atoms with E-state index in [9.17, 15) is 9.90 Å². The molecule has 4 aromatic carbocycles. The van der Waals surface area contributed by atoms with Crippen LogP contribution in [0, 0.1) is 0 Å². The molecule has 1 aliphatic carbocycles. The van der Waals surface area contributed by atoms with Crippen LogP contribution in [0.5, 0.6) is 0 Å². The third kappa shape index (κ3) is 3.17. The topological polar surface area (TPSA) is 37.3 Å². The molecule has 0 fully saturated rings. The number of hydrogen-bond donors (Lipinski definition) is 1. The quantitative estimate of drug-likeness (QED) is 0.323. The zero-order valence-corrected chi connectivity index (χ0v) is 17.1. The molecule has 0 bridgehead atoms. The van der Waals surface area contributed by atoms with E-state index in [2.05, 4.69) is 49.0 Å². The second kappa shape index (κ2) is 7.73. The van der Waals surface area contributed by atoms with E-state index in [0.29, 0.717) is 0 Å². The number of hydrogen-bond acceptors (Lipinski definition) is 1. The first-order valence-electron chi connectivity index (χ1n) is 10.4. The third-order valence-corrected chi connectivity index (χ3v) is 6.11. The molecule has 1 aliphatic rings. The Balaban J connectivity index is 1.94. The summed E-state index contributed by atoms with van der Waals surface area (Å²) in [6.45, 7) is 3.89. The highest BCUT2D eigenvalue weighted by Gasteiger charge is 2.31.